The van der Waals surface area contributed by atoms with Crippen LogP contribution in [0.15, 0.2) is 30.3 Å². The second kappa shape index (κ2) is 7.94. The van der Waals surface area contributed by atoms with E-state index in [0.717, 1.165) is 0 Å². The van der Waals surface area contributed by atoms with Crippen LogP contribution in [0, 0.1) is 0 Å². The molecule has 0 fully saturated rings. The molecule has 0 unspecified atom stereocenters. The monoisotopic (exact) mass is 330 g/mol. The third-order valence-corrected chi connectivity index (χ3v) is 4.72. The number of hydrogen-bond acceptors (Lipinski definition) is 5. The van der Waals surface area contributed by atoms with Crippen LogP contribution in [-0.4, -0.2) is 38.8 Å². The van der Waals surface area contributed by atoms with E-state index in [4.69, 9.17) is 18.0 Å². The highest BCUT2D eigenvalue weighted by atomic mass is 32.2. The van der Waals surface area contributed by atoms with Crippen molar-refractivity contribution < 1.29 is 17.9 Å². The van der Waals surface area contributed by atoms with Crippen molar-refractivity contribution in [1.82, 2.24) is 0 Å². The van der Waals surface area contributed by atoms with Gasteiger partial charge in [0, 0.05) is 13.0 Å². The lowest BCUT2D eigenvalue weighted by atomic mass is 10.3. The van der Waals surface area contributed by atoms with Crippen molar-refractivity contribution in [2.75, 3.05) is 23.7 Å². The van der Waals surface area contributed by atoms with Crippen LogP contribution in [0.4, 0.5) is 5.69 Å². The molecule has 0 aromatic heterocycles. The molecule has 0 heterocycles. The highest BCUT2D eigenvalue weighted by molar-refractivity contribution is 7.92. The smallest absolute Gasteiger partial charge is 0.306 e. The van der Waals surface area contributed by atoms with Crippen LogP contribution in [0.1, 0.15) is 12.8 Å². The van der Waals surface area contributed by atoms with Gasteiger partial charge in [-0.15, -0.1) is 0 Å². The van der Waals surface area contributed by atoms with E-state index in [9.17, 15) is 13.2 Å². The summed E-state index contributed by atoms with van der Waals surface area (Å²) in [5, 5.41) is 0. The molecule has 1 rings (SSSR count). The number of hydrogen-bond donors (Lipinski definition) is 1. The second-order valence-electron chi connectivity index (χ2n) is 4.27. The summed E-state index contributed by atoms with van der Waals surface area (Å²) in [5.41, 5.74) is 5.95. The molecule has 6 nitrogen and oxygen atoms in total. The van der Waals surface area contributed by atoms with Crippen LogP contribution in [-0.2, 0) is 19.6 Å². The van der Waals surface area contributed by atoms with Crippen LogP contribution in [0.3, 0.4) is 0 Å². The average molecular weight is 330 g/mol. The Bertz CT molecular complexity index is 587. The first-order valence-corrected chi connectivity index (χ1v) is 8.29. The van der Waals surface area contributed by atoms with Crippen molar-refractivity contribution >= 4 is 38.9 Å². The highest BCUT2D eigenvalue weighted by Crippen LogP contribution is 2.19. The quantitative estimate of drug-likeness (QED) is 0.566. The molecule has 2 N–H and O–H groups in total. The maximum absolute atomic E-state index is 12.4. The average Bonchev–Trinajstić information content (AvgIpc) is 2.45. The van der Waals surface area contributed by atoms with Gasteiger partial charge in [-0.2, -0.15) is 0 Å². The summed E-state index contributed by atoms with van der Waals surface area (Å²) < 4.78 is 30.5. The van der Waals surface area contributed by atoms with Crippen LogP contribution in [0.25, 0.3) is 0 Å². The zero-order valence-corrected chi connectivity index (χ0v) is 13.3. The Kier molecular flexibility index (Phi) is 6.57. The number of carbonyl (C=O) groups is 1. The first kappa shape index (κ1) is 17.4. The van der Waals surface area contributed by atoms with Crippen LogP contribution in [0.2, 0.25) is 0 Å². The Labute approximate surface area is 129 Å². The molecule has 1 aromatic carbocycles. The molecule has 1 aromatic rings. The Morgan fingerprint density at radius 1 is 1.29 bits per heavy atom. The van der Waals surface area contributed by atoms with Crippen molar-refractivity contribution in [3.8, 4) is 0 Å². The molecule has 0 spiro atoms. The zero-order chi connectivity index (χ0) is 15.9. The molecule has 0 amide bonds. The fourth-order valence-electron chi connectivity index (χ4n) is 1.66. The van der Waals surface area contributed by atoms with Crippen molar-refractivity contribution in [1.29, 1.82) is 0 Å². The molecule has 116 valence electrons. The van der Waals surface area contributed by atoms with E-state index in [2.05, 4.69) is 4.74 Å². The standard InChI is InChI=1S/C13H18N2O4S2/c1-19-13(16)8-10-21(17,18)15(9-7-12(14)20)11-5-3-2-4-6-11/h2-6H,7-10H2,1H3,(H2,14,20). The summed E-state index contributed by atoms with van der Waals surface area (Å²) in [6.45, 7) is 0.142. The summed E-state index contributed by atoms with van der Waals surface area (Å²) in [6, 6.07) is 8.61. The fraction of sp³-hybridized carbons (Fsp3) is 0.385. The molecule has 0 atom stereocenters. The molecule has 0 radical (unpaired) electrons. The van der Waals surface area contributed by atoms with E-state index in [1.807, 2.05) is 0 Å². The Hall–Kier alpha value is -1.67. The number of benzene rings is 1. The number of sulfonamides is 1. The molecule has 21 heavy (non-hydrogen) atoms. The number of carbonyl (C=O) groups excluding carboxylic acids is 1. The summed E-state index contributed by atoms with van der Waals surface area (Å²) >= 11 is 4.79. The number of ether oxygens (including phenoxy) is 1. The van der Waals surface area contributed by atoms with E-state index in [1.165, 1.54) is 11.4 Å². The molecule has 0 saturated heterocycles. The first-order valence-electron chi connectivity index (χ1n) is 6.27. The number of rotatable bonds is 8. The Morgan fingerprint density at radius 2 is 1.90 bits per heavy atom. The van der Waals surface area contributed by atoms with Crippen molar-refractivity contribution in [3.05, 3.63) is 30.3 Å². The van der Waals surface area contributed by atoms with Gasteiger partial charge in [-0.3, -0.25) is 9.10 Å². The molecule has 0 aliphatic rings. The number of thiocarbonyl (C=S) groups is 1. The van der Waals surface area contributed by atoms with Gasteiger partial charge in [0.15, 0.2) is 0 Å². The lowest BCUT2D eigenvalue weighted by Crippen LogP contribution is -2.36. The van der Waals surface area contributed by atoms with Gasteiger partial charge in [0.1, 0.15) is 0 Å². The van der Waals surface area contributed by atoms with Gasteiger partial charge in [0.25, 0.3) is 0 Å². The second-order valence-corrected chi connectivity index (χ2v) is 6.80. The minimum Gasteiger partial charge on any atom is -0.469 e. The zero-order valence-electron chi connectivity index (χ0n) is 11.7. The first-order chi connectivity index (χ1) is 9.86. The Morgan fingerprint density at radius 3 is 2.43 bits per heavy atom. The molecular formula is C13H18N2O4S2. The third-order valence-electron chi connectivity index (χ3n) is 2.73. The van der Waals surface area contributed by atoms with Crippen LogP contribution >= 0.6 is 12.2 Å². The minimum atomic E-state index is -3.66. The summed E-state index contributed by atoms with van der Waals surface area (Å²) in [5.74, 6) is -0.896. The number of para-hydroxylation sites is 1. The predicted octanol–water partition coefficient (Wildman–Crippen LogP) is 1.06. The molecular weight excluding hydrogens is 312 g/mol. The lowest BCUT2D eigenvalue weighted by molar-refractivity contribution is -0.140. The summed E-state index contributed by atoms with van der Waals surface area (Å²) in [6.07, 6.45) is 0.0664. The van der Waals surface area contributed by atoms with Gasteiger partial charge in [-0.25, -0.2) is 8.42 Å². The fourth-order valence-corrected chi connectivity index (χ4v) is 3.21. The topological polar surface area (TPSA) is 89.7 Å². The molecule has 0 saturated carbocycles. The van der Waals surface area contributed by atoms with Crippen LogP contribution in [0.5, 0.6) is 0 Å². The maximum atomic E-state index is 12.4. The molecule has 0 aliphatic carbocycles. The van der Waals surface area contributed by atoms with E-state index >= 15 is 0 Å². The normalized spacial score (nSPS) is 10.9. The SMILES string of the molecule is COC(=O)CCS(=O)(=O)N(CCC(N)=S)c1ccccc1. The van der Waals surface area contributed by atoms with Crippen molar-refractivity contribution in [2.24, 2.45) is 5.73 Å². The van der Waals surface area contributed by atoms with Crippen molar-refractivity contribution in [2.45, 2.75) is 12.8 Å². The van der Waals surface area contributed by atoms with Gasteiger partial charge in [-0.05, 0) is 12.1 Å². The highest BCUT2D eigenvalue weighted by Gasteiger charge is 2.23. The lowest BCUT2D eigenvalue weighted by Gasteiger charge is -2.24. The maximum Gasteiger partial charge on any atom is 0.306 e. The number of methoxy groups -OCH3 is 1. The van der Waals surface area contributed by atoms with E-state index in [0.29, 0.717) is 5.69 Å². The number of anilines is 1. The molecule has 8 heteroatoms. The van der Waals surface area contributed by atoms with E-state index < -0.39 is 16.0 Å². The van der Waals surface area contributed by atoms with E-state index in [-0.39, 0.29) is 30.1 Å². The molecule has 0 aliphatic heterocycles. The minimum absolute atomic E-state index is 0.142. The Balaban J connectivity index is 2.94. The number of nitrogens with zero attached hydrogens (tertiary/aromatic N) is 1. The molecule has 0 bridgehead atoms. The van der Waals surface area contributed by atoms with E-state index in [1.54, 1.807) is 30.3 Å². The van der Waals surface area contributed by atoms with Gasteiger partial charge in [0.2, 0.25) is 10.0 Å². The number of nitrogens with two attached hydrogens (primary N) is 1. The summed E-state index contributed by atoms with van der Waals surface area (Å²) in [4.78, 5) is 11.4. The number of esters is 1. The van der Waals surface area contributed by atoms with Gasteiger partial charge < -0.3 is 10.5 Å². The van der Waals surface area contributed by atoms with Gasteiger partial charge in [-0.1, -0.05) is 30.4 Å². The third kappa shape index (κ3) is 5.68. The van der Waals surface area contributed by atoms with Crippen molar-refractivity contribution in [3.63, 3.8) is 0 Å². The predicted molar refractivity (Wildman–Crippen MR) is 85.6 cm³/mol. The largest absolute Gasteiger partial charge is 0.469 e. The van der Waals surface area contributed by atoms with Gasteiger partial charge in [0.05, 0.1) is 30.0 Å². The summed E-state index contributed by atoms with van der Waals surface area (Å²) in [7, 11) is -2.44. The van der Waals surface area contributed by atoms with Crippen LogP contribution < -0.4 is 10.0 Å². The van der Waals surface area contributed by atoms with Gasteiger partial charge >= 0.3 is 5.97 Å².